The maximum atomic E-state index is 5.44. The summed E-state index contributed by atoms with van der Waals surface area (Å²) in [6.07, 6.45) is 4.91. The van der Waals surface area contributed by atoms with Crippen molar-refractivity contribution in [3.8, 4) is 0 Å². The lowest BCUT2D eigenvalue weighted by atomic mass is 10.2. The first kappa shape index (κ1) is 19.0. The van der Waals surface area contributed by atoms with E-state index < -0.39 is 0 Å². The molecule has 17 heavy (non-hydrogen) atoms. The van der Waals surface area contributed by atoms with E-state index in [1.165, 1.54) is 5.57 Å². The van der Waals surface area contributed by atoms with Gasteiger partial charge in [0.1, 0.15) is 0 Å². The molecule has 0 aromatic rings. The molecule has 4 N–H and O–H groups in total. The van der Waals surface area contributed by atoms with Gasteiger partial charge in [-0.25, -0.2) is 0 Å². The predicted octanol–water partition coefficient (Wildman–Crippen LogP) is 1.05. The zero-order valence-corrected chi connectivity index (χ0v) is 11.1. The minimum absolute atomic E-state index is 0. The van der Waals surface area contributed by atoms with E-state index in [0.717, 1.165) is 31.8 Å². The Kier molecular flexibility index (Phi) is 15.3. The van der Waals surface area contributed by atoms with Crippen molar-refractivity contribution in [3.05, 3.63) is 11.8 Å². The molecule has 1 rings (SSSR count). The number of nitrogens with two attached hydrogens (primary N) is 1. The normalized spacial score (nSPS) is 14.5. The Morgan fingerprint density at radius 1 is 1.59 bits per heavy atom. The van der Waals surface area contributed by atoms with Gasteiger partial charge in [-0.05, 0) is 19.2 Å². The lowest BCUT2D eigenvalue weighted by Gasteiger charge is -2.04. The SMILES string of the molecule is C.CCNCC1=CN=CC1.CNC[C@@H](N)CS. The summed E-state index contributed by atoms with van der Waals surface area (Å²) >= 11 is 3.98. The zero-order valence-electron chi connectivity index (χ0n) is 10.2. The quantitative estimate of drug-likeness (QED) is 0.540. The maximum absolute atomic E-state index is 5.44. The molecular formula is C12H28N4S. The van der Waals surface area contributed by atoms with Crippen molar-refractivity contribution in [1.29, 1.82) is 0 Å². The number of hydrogen-bond acceptors (Lipinski definition) is 5. The highest BCUT2D eigenvalue weighted by molar-refractivity contribution is 7.80. The summed E-state index contributed by atoms with van der Waals surface area (Å²) in [6.45, 7) is 4.99. The van der Waals surface area contributed by atoms with Crippen LogP contribution < -0.4 is 16.4 Å². The van der Waals surface area contributed by atoms with Crippen LogP contribution in [0.3, 0.4) is 0 Å². The first-order valence-electron chi connectivity index (χ1n) is 5.65. The van der Waals surface area contributed by atoms with Gasteiger partial charge in [-0.2, -0.15) is 12.6 Å². The molecule has 0 aliphatic carbocycles. The number of likely N-dealkylation sites (N-methyl/N-ethyl adjacent to an activating group) is 2. The number of hydrogen-bond donors (Lipinski definition) is 4. The van der Waals surface area contributed by atoms with Gasteiger partial charge in [-0.3, -0.25) is 4.99 Å². The molecule has 0 radical (unpaired) electrons. The van der Waals surface area contributed by atoms with Crippen LogP contribution in [0.4, 0.5) is 0 Å². The lowest BCUT2D eigenvalue weighted by Crippen LogP contribution is -2.33. The molecule has 1 atom stereocenters. The molecule has 0 saturated carbocycles. The van der Waals surface area contributed by atoms with E-state index in [0.29, 0.717) is 0 Å². The molecule has 0 fully saturated rings. The van der Waals surface area contributed by atoms with E-state index in [2.05, 4.69) is 35.2 Å². The van der Waals surface area contributed by atoms with Crippen molar-refractivity contribution in [2.24, 2.45) is 10.7 Å². The molecule has 0 aromatic heterocycles. The summed E-state index contributed by atoms with van der Waals surface area (Å²) in [6, 6.07) is 0.202. The zero-order chi connectivity index (χ0) is 12.2. The highest BCUT2D eigenvalue weighted by Gasteiger charge is 1.97. The fraction of sp³-hybridized carbons (Fsp3) is 0.750. The summed E-state index contributed by atoms with van der Waals surface area (Å²) in [5.74, 6) is 0.751. The summed E-state index contributed by atoms with van der Waals surface area (Å²) < 4.78 is 0. The molecule has 102 valence electrons. The Labute approximate surface area is 112 Å². The highest BCUT2D eigenvalue weighted by atomic mass is 32.1. The van der Waals surface area contributed by atoms with E-state index in [-0.39, 0.29) is 13.5 Å². The van der Waals surface area contributed by atoms with E-state index in [4.69, 9.17) is 5.73 Å². The number of rotatable bonds is 6. The third kappa shape index (κ3) is 11.9. The van der Waals surface area contributed by atoms with Crippen molar-refractivity contribution in [2.75, 3.05) is 32.4 Å². The number of thiol groups is 1. The van der Waals surface area contributed by atoms with Crippen LogP contribution in [0, 0.1) is 0 Å². The second-order valence-electron chi connectivity index (χ2n) is 3.60. The van der Waals surface area contributed by atoms with Gasteiger partial charge >= 0.3 is 0 Å². The fourth-order valence-corrected chi connectivity index (χ4v) is 1.24. The van der Waals surface area contributed by atoms with Gasteiger partial charge in [0.25, 0.3) is 0 Å². The Morgan fingerprint density at radius 3 is 2.65 bits per heavy atom. The second kappa shape index (κ2) is 13.7. The third-order valence-corrected chi connectivity index (χ3v) is 2.49. The van der Waals surface area contributed by atoms with E-state index in [9.17, 15) is 0 Å². The first-order chi connectivity index (χ1) is 7.74. The fourth-order valence-electron chi connectivity index (χ4n) is 1.11. The predicted molar refractivity (Wildman–Crippen MR) is 82.2 cm³/mol. The van der Waals surface area contributed by atoms with Crippen LogP contribution in [-0.2, 0) is 0 Å². The van der Waals surface area contributed by atoms with E-state index >= 15 is 0 Å². The van der Waals surface area contributed by atoms with Gasteiger partial charge < -0.3 is 16.4 Å². The van der Waals surface area contributed by atoms with E-state index in [1.54, 1.807) is 0 Å². The largest absolute Gasteiger partial charge is 0.326 e. The minimum atomic E-state index is 0. The summed E-state index contributed by atoms with van der Waals surface area (Å²) in [7, 11) is 1.88. The lowest BCUT2D eigenvalue weighted by molar-refractivity contribution is 0.675. The van der Waals surface area contributed by atoms with Gasteiger partial charge in [0.05, 0.1) is 0 Å². The molecule has 1 heterocycles. The van der Waals surface area contributed by atoms with Gasteiger partial charge in [0.15, 0.2) is 0 Å². The Bertz CT molecular complexity index is 217. The Hall–Kier alpha value is -0.360. The second-order valence-corrected chi connectivity index (χ2v) is 3.97. The Balaban J connectivity index is 0. The number of nitrogens with one attached hydrogen (secondary N) is 2. The summed E-state index contributed by atoms with van der Waals surface area (Å²) in [4.78, 5) is 3.99. The smallest absolute Gasteiger partial charge is 0.0272 e. The van der Waals surface area contributed by atoms with Gasteiger partial charge in [0, 0.05) is 43.7 Å². The molecule has 5 heteroatoms. The first-order valence-corrected chi connectivity index (χ1v) is 6.29. The molecule has 4 nitrogen and oxygen atoms in total. The summed E-state index contributed by atoms with van der Waals surface area (Å²) in [5, 5.41) is 6.19. The minimum Gasteiger partial charge on any atom is -0.326 e. The van der Waals surface area contributed by atoms with Gasteiger partial charge in [0.2, 0.25) is 0 Å². The third-order valence-electron chi connectivity index (χ3n) is 2.02. The molecular weight excluding hydrogens is 232 g/mol. The topological polar surface area (TPSA) is 62.4 Å². The van der Waals surface area contributed by atoms with Crippen molar-refractivity contribution in [2.45, 2.75) is 26.8 Å². The molecule has 0 saturated heterocycles. The molecule has 0 spiro atoms. The molecule has 0 aromatic carbocycles. The van der Waals surface area contributed by atoms with Crippen LogP contribution in [0.15, 0.2) is 16.8 Å². The Morgan fingerprint density at radius 2 is 2.29 bits per heavy atom. The van der Waals surface area contributed by atoms with Crippen LogP contribution in [-0.4, -0.2) is 44.7 Å². The molecule has 1 aliphatic rings. The number of nitrogens with zero attached hydrogens (tertiary/aromatic N) is 1. The molecule has 0 bridgehead atoms. The average Bonchev–Trinajstić information content (AvgIpc) is 2.80. The maximum Gasteiger partial charge on any atom is 0.0272 e. The van der Waals surface area contributed by atoms with Crippen LogP contribution in [0.1, 0.15) is 20.8 Å². The molecule has 0 amide bonds. The van der Waals surface area contributed by atoms with Crippen molar-refractivity contribution in [3.63, 3.8) is 0 Å². The van der Waals surface area contributed by atoms with Gasteiger partial charge in [-0.1, -0.05) is 14.4 Å². The van der Waals surface area contributed by atoms with Crippen molar-refractivity contribution in [1.82, 2.24) is 10.6 Å². The molecule has 0 unspecified atom stereocenters. The van der Waals surface area contributed by atoms with Crippen molar-refractivity contribution < 1.29 is 0 Å². The molecule has 1 aliphatic heterocycles. The summed E-state index contributed by atoms with van der Waals surface area (Å²) in [5.41, 5.74) is 6.83. The van der Waals surface area contributed by atoms with Crippen LogP contribution >= 0.6 is 12.6 Å². The van der Waals surface area contributed by atoms with Crippen LogP contribution in [0.25, 0.3) is 0 Å². The highest BCUT2D eigenvalue weighted by Crippen LogP contribution is 2.03. The monoisotopic (exact) mass is 260 g/mol. The van der Waals surface area contributed by atoms with Gasteiger partial charge in [-0.15, -0.1) is 0 Å². The van der Waals surface area contributed by atoms with Crippen molar-refractivity contribution >= 4 is 18.8 Å². The number of aliphatic imine (C=N–C) groups is 1. The van der Waals surface area contributed by atoms with Crippen LogP contribution in [0.5, 0.6) is 0 Å². The average molecular weight is 260 g/mol. The standard InChI is InChI=1S/C7H12N2.C4H12N2S.CH4/c1-2-8-5-7-3-4-9-6-7;1-6-2-4(5)3-7;/h4,6,8H,2-3,5H2,1H3;4,6-7H,2-3,5H2,1H3;1H4/t;4-;/m.1./s1. The van der Waals surface area contributed by atoms with Crippen LogP contribution in [0.2, 0.25) is 0 Å². The van der Waals surface area contributed by atoms with E-state index in [1.807, 2.05) is 19.5 Å².